The topological polar surface area (TPSA) is 41.9 Å². The number of halogens is 1. The predicted octanol–water partition coefficient (Wildman–Crippen LogP) is 8.21. The highest BCUT2D eigenvalue weighted by Crippen LogP contribution is 2.40. The molecule has 1 amide bonds. The molecule has 2 fully saturated rings. The normalized spacial score (nSPS) is 22.4. The van der Waals surface area contributed by atoms with Crippen LogP contribution in [0.5, 0.6) is 5.75 Å². The van der Waals surface area contributed by atoms with Crippen LogP contribution in [0.15, 0.2) is 93.2 Å². The van der Waals surface area contributed by atoms with Crippen molar-refractivity contribution < 1.29 is 9.53 Å². The minimum atomic E-state index is 0.0593. The van der Waals surface area contributed by atoms with Crippen molar-refractivity contribution in [2.24, 2.45) is 10.9 Å². The second-order valence-electron chi connectivity index (χ2n) is 9.33. The SMILES string of the molecule is C[C@H]1CCCC[C@H]1N1C(=O)/C(=C/c2ccc(OCc3ccc(Br)cc3)cc2)SC1=Nc1ccccc1. The highest BCUT2D eigenvalue weighted by atomic mass is 79.9. The summed E-state index contributed by atoms with van der Waals surface area (Å²) in [4.78, 5) is 21.2. The maximum absolute atomic E-state index is 13.6. The summed E-state index contributed by atoms with van der Waals surface area (Å²) in [6.07, 6.45) is 6.54. The Bertz CT molecular complexity index is 1260. The molecule has 3 aromatic carbocycles. The molecule has 2 aliphatic rings. The quantitative estimate of drug-likeness (QED) is 0.285. The van der Waals surface area contributed by atoms with E-state index in [2.05, 4.69) is 22.9 Å². The Morgan fingerprint density at radius 1 is 1.00 bits per heavy atom. The minimum Gasteiger partial charge on any atom is -0.489 e. The molecule has 6 heteroatoms. The van der Waals surface area contributed by atoms with Crippen LogP contribution in [0.25, 0.3) is 6.08 Å². The molecule has 3 aromatic rings. The number of para-hydroxylation sites is 1. The number of amidine groups is 1. The average Bonchev–Trinajstić information content (AvgIpc) is 3.19. The summed E-state index contributed by atoms with van der Waals surface area (Å²) in [5.41, 5.74) is 2.95. The molecule has 36 heavy (non-hydrogen) atoms. The zero-order chi connectivity index (χ0) is 24.9. The van der Waals surface area contributed by atoms with E-state index in [-0.39, 0.29) is 11.9 Å². The predicted molar refractivity (Wildman–Crippen MR) is 152 cm³/mol. The van der Waals surface area contributed by atoms with Crippen LogP contribution in [0.1, 0.15) is 43.7 Å². The Kier molecular flexibility index (Phi) is 7.93. The number of carbonyl (C=O) groups is 1. The fourth-order valence-electron chi connectivity index (χ4n) is 4.71. The smallest absolute Gasteiger partial charge is 0.267 e. The van der Waals surface area contributed by atoms with Gasteiger partial charge in [-0.15, -0.1) is 0 Å². The molecule has 184 valence electrons. The zero-order valence-electron chi connectivity index (χ0n) is 20.3. The highest BCUT2D eigenvalue weighted by Gasteiger charge is 2.41. The number of aliphatic imine (C=N–C) groups is 1. The molecule has 0 N–H and O–H groups in total. The van der Waals surface area contributed by atoms with Crippen LogP contribution in [-0.4, -0.2) is 22.0 Å². The van der Waals surface area contributed by atoms with E-state index in [0.29, 0.717) is 17.4 Å². The van der Waals surface area contributed by atoms with E-state index < -0.39 is 0 Å². The lowest BCUT2D eigenvalue weighted by molar-refractivity contribution is -0.124. The highest BCUT2D eigenvalue weighted by molar-refractivity contribution is 9.10. The maximum atomic E-state index is 13.6. The third-order valence-electron chi connectivity index (χ3n) is 6.71. The van der Waals surface area contributed by atoms with Gasteiger partial charge in [0.1, 0.15) is 12.4 Å². The molecule has 0 unspecified atom stereocenters. The molecular formula is C30H29BrN2O2S. The second-order valence-corrected chi connectivity index (χ2v) is 11.3. The molecule has 0 bridgehead atoms. The van der Waals surface area contributed by atoms with E-state index >= 15 is 0 Å². The minimum absolute atomic E-state index is 0.0593. The lowest BCUT2D eigenvalue weighted by Gasteiger charge is -2.35. The Balaban J connectivity index is 1.35. The standard InChI is InChI=1S/C30H29BrN2O2S/c1-21-7-5-6-10-27(21)33-29(34)28(36-30(33)32-25-8-3-2-4-9-25)19-22-13-17-26(18-14-22)35-20-23-11-15-24(31)16-12-23/h2-4,8-9,11-19,21,27H,5-7,10,20H2,1H3/b28-19-,32-30?/t21-,27+/m0/s1. The van der Waals surface area contributed by atoms with E-state index in [1.54, 1.807) is 0 Å². The first kappa shape index (κ1) is 24.8. The number of thioether (sulfide) groups is 1. The summed E-state index contributed by atoms with van der Waals surface area (Å²) in [5.74, 6) is 1.32. The van der Waals surface area contributed by atoms with Gasteiger partial charge in [-0.1, -0.05) is 78.2 Å². The summed E-state index contributed by atoms with van der Waals surface area (Å²) in [6, 6.07) is 26.1. The van der Waals surface area contributed by atoms with E-state index in [4.69, 9.17) is 9.73 Å². The van der Waals surface area contributed by atoms with Gasteiger partial charge in [0.05, 0.1) is 10.6 Å². The van der Waals surface area contributed by atoms with E-state index in [1.165, 1.54) is 18.2 Å². The van der Waals surface area contributed by atoms with Crippen molar-refractivity contribution >= 4 is 50.5 Å². The average molecular weight is 562 g/mol. The van der Waals surface area contributed by atoms with Crippen LogP contribution < -0.4 is 4.74 Å². The number of hydrogen-bond acceptors (Lipinski definition) is 4. The van der Waals surface area contributed by atoms with Crippen molar-refractivity contribution in [3.63, 3.8) is 0 Å². The molecule has 1 heterocycles. The molecule has 2 atom stereocenters. The van der Waals surface area contributed by atoms with Crippen molar-refractivity contribution in [2.45, 2.75) is 45.3 Å². The van der Waals surface area contributed by atoms with E-state index in [0.717, 1.165) is 51.5 Å². The molecule has 1 aliphatic carbocycles. The van der Waals surface area contributed by atoms with E-state index in [9.17, 15) is 4.79 Å². The number of benzene rings is 3. The summed E-state index contributed by atoms with van der Waals surface area (Å²) in [5, 5.41) is 0.783. The van der Waals surface area contributed by atoms with Crippen LogP contribution in [-0.2, 0) is 11.4 Å². The van der Waals surface area contributed by atoms with Gasteiger partial charge in [0.15, 0.2) is 5.17 Å². The van der Waals surface area contributed by atoms with Gasteiger partial charge in [0.25, 0.3) is 5.91 Å². The number of ether oxygens (including phenoxy) is 1. The largest absolute Gasteiger partial charge is 0.489 e. The lowest BCUT2D eigenvalue weighted by atomic mass is 9.85. The summed E-state index contributed by atoms with van der Waals surface area (Å²) in [6.45, 7) is 2.77. The van der Waals surface area contributed by atoms with Crippen LogP contribution >= 0.6 is 27.7 Å². The van der Waals surface area contributed by atoms with Crippen molar-refractivity contribution in [1.29, 1.82) is 0 Å². The molecule has 5 rings (SSSR count). The molecule has 0 aromatic heterocycles. The Labute approximate surface area is 225 Å². The van der Waals surface area contributed by atoms with Crippen molar-refractivity contribution in [3.05, 3.63) is 99.4 Å². The monoisotopic (exact) mass is 560 g/mol. The summed E-state index contributed by atoms with van der Waals surface area (Å²) < 4.78 is 6.99. The van der Waals surface area contributed by atoms with Gasteiger partial charge in [0.2, 0.25) is 0 Å². The number of hydrogen-bond donors (Lipinski definition) is 0. The van der Waals surface area contributed by atoms with Crippen LogP contribution in [0.4, 0.5) is 5.69 Å². The fourth-order valence-corrected chi connectivity index (χ4v) is 6.02. The number of carbonyl (C=O) groups excluding carboxylic acids is 1. The van der Waals surface area contributed by atoms with Gasteiger partial charge in [-0.05, 0) is 84.1 Å². The first-order valence-corrected chi connectivity index (χ1v) is 14.0. The third-order valence-corrected chi connectivity index (χ3v) is 8.22. The number of amides is 1. The molecular weight excluding hydrogens is 532 g/mol. The van der Waals surface area contributed by atoms with Gasteiger partial charge in [-0.2, -0.15) is 0 Å². The summed E-state index contributed by atoms with van der Waals surface area (Å²) in [7, 11) is 0. The van der Waals surface area contributed by atoms with E-state index in [1.807, 2.05) is 89.8 Å². The van der Waals surface area contributed by atoms with Crippen LogP contribution in [0.3, 0.4) is 0 Å². The Hall–Kier alpha value is -2.83. The first-order chi connectivity index (χ1) is 17.6. The zero-order valence-corrected chi connectivity index (χ0v) is 22.7. The van der Waals surface area contributed by atoms with Crippen molar-refractivity contribution in [1.82, 2.24) is 4.90 Å². The van der Waals surface area contributed by atoms with Gasteiger partial charge in [0, 0.05) is 10.5 Å². The Morgan fingerprint density at radius 3 is 2.44 bits per heavy atom. The number of rotatable bonds is 6. The second kappa shape index (κ2) is 11.5. The molecule has 1 saturated carbocycles. The van der Waals surface area contributed by atoms with Crippen LogP contribution in [0.2, 0.25) is 0 Å². The molecule has 4 nitrogen and oxygen atoms in total. The van der Waals surface area contributed by atoms with Gasteiger partial charge < -0.3 is 4.74 Å². The van der Waals surface area contributed by atoms with Gasteiger partial charge >= 0.3 is 0 Å². The van der Waals surface area contributed by atoms with Crippen molar-refractivity contribution in [2.75, 3.05) is 0 Å². The van der Waals surface area contributed by atoms with Gasteiger partial charge in [-0.25, -0.2) is 4.99 Å². The molecule has 1 aliphatic heterocycles. The fraction of sp³-hybridized carbons (Fsp3) is 0.267. The first-order valence-electron chi connectivity index (χ1n) is 12.4. The molecule has 1 saturated heterocycles. The maximum Gasteiger partial charge on any atom is 0.267 e. The summed E-state index contributed by atoms with van der Waals surface area (Å²) >= 11 is 4.93. The van der Waals surface area contributed by atoms with Gasteiger partial charge in [-0.3, -0.25) is 9.69 Å². The third kappa shape index (κ3) is 5.93. The lowest BCUT2D eigenvalue weighted by Crippen LogP contribution is -2.44. The molecule has 0 spiro atoms. The van der Waals surface area contributed by atoms with Crippen LogP contribution in [0, 0.1) is 5.92 Å². The van der Waals surface area contributed by atoms with Crippen molar-refractivity contribution in [3.8, 4) is 5.75 Å². The number of nitrogens with zero attached hydrogens (tertiary/aromatic N) is 2. The Morgan fingerprint density at radius 2 is 1.72 bits per heavy atom. The molecule has 0 radical (unpaired) electrons.